The predicted molar refractivity (Wildman–Crippen MR) is 121 cm³/mol. The van der Waals surface area contributed by atoms with Gasteiger partial charge in [-0.3, -0.25) is 19.7 Å². The molecule has 1 heterocycles. The molecule has 0 aromatic heterocycles. The lowest BCUT2D eigenvalue weighted by molar-refractivity contribution is -0.384. The third-order valence-electron chi connectivity index (χ3n) is 5.25. The van der Waals surface area contributed by atoms with Crippen LogP contribution in [0.4, 0.5) is 5.69 Å². The number of hydrogen-bond acceptors (Lipinski definition) is 6. The zero-order chi connectivity index (χ0) is 24.1. The summed E-state index contributed by atoms with van der Waals surface area (Å²) in [7, 11) is -3.32. The standard InChI is InChI=1S/C20H29ClN4O6S/c1-4-11-32(30,31)23-14-7-9-24(10-8-14)20(27)18(13(2)3)22-19(26)16-6-5-15(25(28)29)12-17(16)21/h5-6,12-14,18,23H,4,7-11H2,1-3H3,(H,22,26). The van der Waals surface area contributed by atoms with Crippen molar-refractivity contribution in [2.45, 2.75) is 52.1 Å². The number of likely N-dealkylation sites (tertiary alicyclic amines) is 1. The Balaban J connectivity index is 2.03. The zero-order valence-corrected chi connectivity index (χ0v) is 19.9. The minimum atomic E-state index is -3.32. The van der Waals surface area contributed by atoms with Crippen LogP contribution in [0.25, 0.3) is 0 Å². The van der Waals surface area contributed by atoms with Gasteiger partial charge in [0.2, 0.25) is 15.9 Å². The number of amides is 2. The molecule has 2 N–H and O–H groups in total. The number of carbonyl (C=O) groups is 2. The molecular weight excluding hydrogens is 460 g/mol. The van der Waals surface area contributed by atoms with Crippen molar-refractivity contribution < 1.29 is 22.9 Å². The summed E-state index contributed by atoms with van der Waals surface area (Å²) in [6.07, 6.45) is 1.50. The van der Waals surface area contributed by atoms with Crippen LogP contribution < -0.4 is 10.0 Å². The minimum Gasteiger partial charge on any atom is -0.341 e. The van der Waals surface area contributed by atoms with Crippen LogP contribution in [0.5, 0.6) is 0 Å². The minimum absolute atomic E-state index is 0.0414. The summed E-state index contributed by atoms with van der Waals surface area (Å²) in [5.41, 5.74) is -0.194. The molecule has 1 aliphatic heterocycles. The van der Waals surface area contributed by atoms with Crippen LogP contribution in [0.3, 0.4) is 0 Å². The number of halogens is 1. The van der Waals surface area contributed by atoms with Gasteiger partial charge >= 0.3 is 0 Å². The Labute approximate surface area is 192 Å². The highest BCUT2D eigenvalue weighted by molar-refractivity contribution is 7.89. The average Bonchev–Trinajstić information content (AvgIpc) is 2.71. The number of piperidine rings is 1. The highest BCUT2D eigenvalue weighted by Gasteiger charge is 2.32. The number of benzene rings is 1. The molecule has 1 atom stereocenters. The highest BCUT2D eigenvalue weighted by atomic mass is 35.5. The van der Waals surface area contributed by atoms with Crippen molar-refractivity contribution in [3.8, 4) is 0 Å². The summed E-state index contributed by atoms with van der Waals surface area (Å²) < 4.78 is 26.6. The summed E-state index contributed by atoms with van der Waals surface area (Å²) >= 11 is 6.03. The summed E-state index contributed by atoms with van der Waals surface area (Å²) in [5, 5.41) is 13.5. The Morgan fingerprint density at radius 2 is 1.91 bits per heavy atom. The van der Waals surface area contributed by atoms with Crippen LogP contribution in [-0.2, 0) is 14.8 Å². The van der Waals surface area contributed by atoms with E-state index in [4.69, 9.17) is 11.6 Å². The van der Waals surface area contributed by atoms with Crippen LogP contribution in [0, 0.1) is 16.0 Å². The lowest BCUT2D eigenvalue weighted by Crippen LogP contribution is -2.54. The third kappa shape index (κ3) is 6.88. The molecular formula is C20H29ClN4O6S. The van der Waals surface area contributed by atoms with Crippen molar-refractivity contribution in [1.29, 1.82) is 0 Å². The molecule has 10 nitrogen and oxygen atoms in total. The Morgan fingerprint density at radius 1 is 1.28 bits per heavy atom. The second-order valence-electron chi connectivity index (χ2n) is 8.15. The van der Waals surface area contributed by atoms with E-state index in [9.17, 15) is 28.1 Å². The normalized spacial score (nSPS) is 16.1. The summed E-state index contributed by atoms with van der Waals surface area (Å²) in [5.74, 6) is -1.01. The summed E-state index contributed by atoms with van der Waals surface area (Å²) in [4.78, 5) is 37.6. The van der Waals surface area contributed by atoms with E-state index in [1.165, 1.54) is 12.1 Å². The van der Waals surface area contributed by atoms with Crippen LogP contribution in [0.2, 0.25) is 5.02 Å². The van der Waals surface area contributed by atoms with Gasteiger partial charge in [-0.1, -0.05) is 32.4 Å². The molecule has 2 amide bonds. The highest BCUT2D eigenvalue weighted by Crippen LogP contribution is 2.23. The molecule has 0 radical (unpaired) electrons. The topological polar surface area (TPSA) is 139 Å². The molecule has 0 aliphatic carbocycles. The molecule has 178 valence electrons. The lowest BCUT2D eigenvalue weighted by Gasteiger charge is -2.35. The number of hydrogen-bond donors (Lipinski definition) is 2. The van der Waals surface area contributed by atoms with Gasteiger partial charge in [-0.05, 0) is 31.2 Å². The van der Waals surface area contributed by atoms with Gasteiger partial charge in [0.1, 0.15) is 6.04 Å². The summed E-state index contributed by atoms with van der Waals surface area (Å²) in [6, 6.07) is 2.49. The van der Waals surface area contributed by atoms with E-state index in [2.05, 4.69) is 10.0 Å². The van der Waals surface area contributed by atoms with Crippen LogP contribution in [0.15, 0.2) is 18.2 Å². The fourth-order valence-corrected chi connectivity index (χ4v) is 5.19. The Morgan fingerprint density at radius 3 is 2.41 bits per heavy atom. The molecule has 0 spiro atoms. The first-order valence-corrected chi connectivity index (χ1v) is 12.5. The molecule has 1 aromatic rings. The number of nitrogens with zero attached hydrogens (tertiary/aromatic N) is 2. The van der Waals surface area contributed by atoms with Gasteiger partial charge in [0.05, 0.1) is 21.3 Å². The van der Waals surface area contributed by atoms with E-state index in [0.29, 0.717) is 32.4 Å². The molecule has 1 aromatic carbocycles. The van der Waals surface area contributed by atoms with E-state index in [1.807, 2.05) is 0 Å². The number of rotatable bonds is 9. The maximum Gasteiger partial charge on any atom is 0.270 e. The number of non-ortho nitro benzene ring substituents is 1. The largest absolute Gasteiger partial charge is 0.341 e. The monoisotopic (exact) mass is 488 g/mol. The zero-order valence-electron chi connectivity index (χ0n) is 18.3. The Kier molecular flexibility index (Phi) is 8.99. The van der Waals surface area contributed by atoms with E-state index in [0.717, 1.165) is 6.07 Å². The molecule has 0 bridgehead atoms. The fraction of sp³-hybridized carbons (Fsp3) is 0.600. The molecule has 1 fully saturated rings. The van der Waals surface area contributed by atoms with Crippen LogP contribution in [0.1, 0.15) is 50.4 Å². The maximum atomic E-state index is 13.1. The second kappa shape index (κ2) is 11.1. The SMILES string of the molecule is CCCS(=O)(=O)NC1CCN(C(=O)C(NC(=O)c2ccc([N+](=O)[O-])cc2Cl)C(C)C)CC1. The number of nitrogens with one attached hydrogen (secondary N) is 2. The number of nitro groups is 1. The quantitative estimate of drug-likeness (QED) is 0.404. The van der Waals surface area contributed by atoms with Crippen molar-refractivity contribution in [3.63, 3.8) is 0 Å². The van der Waals surface area contributed by atoms with E-state index < -0.39 is 26.9 Å². The van der Waals surface area contributed by atoms with Crippen molar-refractivity contribution in [1.82, 2.24) is 14.9 Å². The number of carbonyl (C=O) groups excluding carboxylic acids is 2. The summed E-state index contributed by atoms with van der Waals surface area (Å²) in [6.45, 7) is 6.13. The maximum absolute atomic E-state index is 13.1. The van der Waals surface area contributed by atoms with Gasteiger partial charge in [0, 0.05) is 31.3 Å². The number of nitro benzene ring substituents is 1. The molecule has 1 aliphatic rings. The fourth-order valence-electron chi connectivity index (χ4n) is 3.53. The van der Waals surface area contributed by atoms with E-state index >= 15 is 0 Å². The van der Waals surface area contributed by atoms with Crippen molar-refractivity contribution in [2.75, 3.05) is 18.8 Å². The van der Waals surface area contributed by atoms with Crippen molar-refractivity contribution >= 4 is 39.1 Å². The Bertz CT molecular complexity index is 961. The number of sulfonamides is 1. The Hall–Kier alpha value is -2.24. The first-order chi connectivity index (χ1) is 14.9. The van der Waals surface area contributed by atoms with Gasteiger partial charge in [-0.2, -0.15) is 0 Å². The molecule has 1 unspecified atom stereocenters. The van der Waals surface area contributed by atoms with Gasteiger partial charge in [0.25, 0.3) is 11.6 Å². The average molecular weight is 489 g/mol. The lowest BCUT2D eigenvalue weighted by atomic mass is 9.99. The van der Waals surface area contributed by atoms with Crippen molar-refractivity contribution in [3.05, 3.63) is 38.9 Å². The molecule has 12 heteroatoms. The third-order valence-corrected chi connectivity index (χ3v) is 7.20. The second-order valence-corrected chi connectivity index (χ2v) is 10.4. The smallest absolute Gasteiger partial charge is 0.270 e. The molecule has 2 rings (SSSR count). The van der Waals surface area contributed by atoms with Crippen molar-refractivity contribution in [2.24, 2.45) is 5.92 Å². The molecule has 32 heavy (non-hydrogen) atoms. The van der Waals surface area contributed by atoms with E-state index in [1.54, 1.807) is 25.7 Å². The first kappa shape index (κ1) is 26.0. The van der Waals surface area contributed by atoms with Crippen LogP contribution >= 0.6 is 11.6 Å². The molecule has 0 saturated carbocycles. The predicted octanol–water partition coefficient (Wildman–Crippen LogP) is 2.32. The van der Waals surface area contributed by atoms with Gasteiger partial charge in [-0.25, -0.2) is 13.1 Å². The van der Waals surface area contributed by atoms with E-state index in [-0.39, 0.29) is 39.9 Å². The van der Waals surface area contributed by atoms with Gasteiger partial charge in [-0.15, -0.1) is 0 Å². The van der Waals surface area contributed by atoms with Crippen LogP contribution in [-0.4, -0.2) is 61.0 Å². The first-order valence-electron chi connectivity index (χ1n) is 10.5. The molecule has 1 saturated heterocycles. The van der Waals surface area contributed by atoms with Gasteiger partial charge in [0.15, 0.2) is 0 Å². The van der Waals surface area contributed by atoms with Gasteiger partial charge < -0.3 is 10.2 Å².